The molecule has 1 amide bonds. The molecule has 114 heavy (non-hydrogen) atoms. The third-order valence-corrected chi connectivity index (χ3v) is 22.3. The lowest BCUT2D eigenvalue weighted by Crippen LogP contribution is -2.66. The van der Waals surface area contributed by atoms with Crippen molar-refractivity contribution in [2.45, 2.75) is 458 Å². The number of aliphatic hydroxyl groups is 11. The summed E-state index contributed by atoms with van der Waals surface area (Å²) in [6, 6.07) is -0.996. The van der Waals surface area contributed by atoms with Crippen LogP contribution in [0.1, 0.15) is 354 Å². The molecule has 0 bridgehead atoms. The van der Waals surface area contributed by atoms with E-state index in [1.807, 2.05) is 6.08 Å². The number of hydrogen-bond acceptors (Lipinski definition) is 18. The molecule has 660 valence electrons. The van der Waals surface area contributed by atoms with E-state index < -0.39 is 124 Å². The van der Waals surface area contributed by atoms with Crippen LogP contribution in [-0.2, 0) is 33.2 Å². The summed E-state index contributed by atoms with van der Waals surface area (Å²) in [6.45, 7) is 1.65. The molecule has 0 spiro atoms. The molecule has 0 aromatic heterocycles. The van der Waals surface area contributed by atoms with Gasteiger partial charge in [0, 0.05) is 6.42 Å². The highest BCUT2D eigenvalue weighted by Gasteiger charge is 2.54. The van der Waals surface area contributed by atoms with Gasteiger partial charge in [0.05, 0.1) is 38.6 Å². The summed E-state index contributed by atoms with van der Waals surface area (Å²) in [4.78, 5) is 13.5. The van der Waals surface area contributed by atoms with Crippen LogP contribution in [0.5, 0.6) is 0 Å². The molecular formula is C95H167NO18. The summed E-state index contributed by atoms with van der Waals surface area (Å²) in [5.41, 5.74) is 0. The lowest BCUT2D eigenvalue weighted by molar-refractivity contribution is -0.379. The first-order chi connectivity index (χ1) is 55.8. The fourth-order valence-electron chi connectivity index (χ4n) is 15.0. The van der Waals surface area contributed by atoms with Crippen LogP contribution in [0.25, 0.3) is 0 Å². The zero-order chi connectivity index (χ0) is 82.4. The summed E-state index contributed by atoms with van der Waals surface area (Å²) in [7, 11) is 0. The number of nitrogens with one attached hydrogen (secondary N) is 1. The second kappa shape index (κ2) is 73.4. The minimum atomic E-state index is -1.99. The zero-order valence-electron chi connectivity index (χ0n) is 71.3. The van der Waals surface area contributed by atoms with E-state index in [-0.39, 0.29) is 18.9 Å². The second-order valence-corrected chi connectivity index (χ2v) is 32.4. The maximum atomic E-state index is 13.5. The first kappa shape index (κ1) is 105. The molecule has 0 radical (unpaired) electrons. The Morgan fingerprint density at radius 3 is 0.982 bits per heavy atom. The van der Waals surface area contributed by atoms with Crippen molar-refractivity contribution in [3.05, 3.63) is 109 Å². The Bertz CT molecular complexity index is 2480. The summed E-state index contributed by atoms with van der Waals surface area (Å²) in [5.74, 6) is -0.282. The van der Waals surface area contributed by atoms with Crippen LogP contribution in [0, 0.1) is 0 Å². The fourth-order valence-corrected chi connectivity index (χ4v) is 15.0. The predicted molar refractivity (Wildman–Crippen MR) is 461 cm³/mol. The molecule has 3 rings (SSSR count). The topological polar surface area (TPSA) is 307 Å². The number of allylic oxidation sites excluding steroid dienone is 17. The van der Waals surface area contributed by atoms with E-state index in [2.05, 4.69) is 116 Å². The molecule has 0 aliphatic carbocycles. The van der Waals surface area contributed by atoms with Gasteiger partial charge in [0.15, 0.2) is 18.9 Å². The number of hydrogen-bond donors (Lipinski definition) is 12. The van der Waals surface area contributed by atoms with Gasteiger partial charge in [-0.2, -0.15) is 0 Å². The van der Waals surface area contributed by atoms with Gasteiger partial charge in [-0.15, -0.1) is 0 Å². The van der Waals surface area contributed by atoms with E-state index in [9.17, 15) is 61.0 Å². The maximum absolute atomic E-state index is 13.5. The Hall–Kier alpha value is -3.55. The van der Waals surface area contributed by atoms with Crippen LogP contribution in [-0.4, -0.2) is 193 Å². The number of carbonyl (C=O) groups excluding carboxylic acids is 1. The van der Waals surface area contributed by atoms with Gasteiger partial charge < -0.3 is 89.9 Å². The summed E-state index contributed by atoms with van der Waals surface area (Å²) in [6.07, 6.45) is 76.7. The minimum Gasteiger partial charge on any atom is -0.394 e. The number of ether oxygens (including phenoxy) is 6. The Morgan fingerprint density at radius 2 is 0.614 bits per heavy atom. The predicted octanol–water partition coefficient (Wildman–Crippen LogP) is 18.0. The molecule has 17 unspecified atom stereocenters. The lowest BCUT2D eigenvalue weighted by atomic mass is 9.96. The normalized spacial score (nSPS) is 25.2. The number of carbonyl (C=O) groups is 1. The minimum absolute atomic E-state index is 0.234. The molecule has 3 aliphatic heterocycles. The van der Waals surface area contributed by atoms with E-state index >= 15 is 0 Å². The number of amides is 1. The lowest BCUT2D eigenvalue weighted by Gasteiger charge is -2.48. The third-order valence-electron chi connectivity index (χ3n) is 22.3. The van der Waals surface area contributed by atoms with Crippen LogP contribution >= 0.6 is 0 Å². The zero-order valence-corrected chi connectivity index (χ0v) is 71.3. The molecule has 3 saturated heterocycles. The van der Waals surface area contributed by atoms with Crippen molar-refractivity contribution in [1.82, 2.24) is 5.32 Å². The highest BCUT2D eigenvalue weighted by Crippen LogP contribution is 2.34. The maximum Gasteiger partial charge on any atom is 0.220 e. The second-order valence-electron chi connectivity index (χ2n) is 32.4. The number of unbranched alkanes of at least 4 members (excludes halogenated alkanes) is 42. The van der Waals surface area contributed by atoms with Gasteiger partial charge >= 0.3 is 0 Å². The quantitative estimate of drug-likeness (QED) is 0.0199. The smallest absolute Gasteiger partial charge is 0.220 e. The molecule has 3 heterocycles. The molecule has 0 aromatic rings. The monoisotopic (exact) mass is 1610 g/mol. The van der Waals surface area contributed by atoms with Crippen molar-refractivity contribution in [2.24, 2.45) is 0 Å². The van der Waals surface area contributed by atoms with Gasteiger partial charge in [0.1, 0.15) is 73.2 Å². The third kappa shape index (κ3) is 51.2. The standard InChI is InChI=1S/C95H167NO18/c1-3-5-7-9-11-13-15-17-19-21-23-25-27-29-31-33-34-35-36-37-38-39-40-41-42-43-44-45-47-49-51-53-55-57-59-61-63-65-67-69-71-73-83(101)96-78(79(100)72-70-68-66-64-62-60-58-56-54-52-50-48-46-32-30-28-26-24-22-20-18-16-14-12-10-8-6-4-2)77-109-93-89(107)86(104)91(81(75-98)111-93)114-95-90(108)87(105)92(82(76-99)112-95)113-94-88(106)85(103)84(102)80(74-97)110-94/h5,7,11,13,17,19,23,25,29,31,34-35,37-38,62,64,70,72,78-82,84-95,97-100,102-108H,3-4,6,8-10,12,14-16,18,20-22,24,26-28,30,32-33,36,39-61,63,65-69,71,73-77H2,1-2H3,(H,96,101)/b7-5-,13-11-,19-17-,25-23-,31-29-,35-34-,38-37-,64-62+,72-70+. The average molecular weight is 1610 g/mol. The number of rotatable bonds is 74. The van der Waals surface area contributed by atoms with Gasteiger partial charge in [-0.3, -0.25) is 4.79 Å². The Balaban J connectivity index is 1.31. The molecule has 19 heteroatoms. The molecule has 17 atom stereocenters. The van der Waals surface area contributed by atoms with E-state index in [4.69, 9.17) is 28.4 Å². The molecule has 3 aliphatic rings. The molecular weight excluding hydrogens is 1440 g/mol. The van der Waals surface area contributed by atoms with Crippen molar-refractivity contribution >= 4 is 5.91 Å². The highest BCUT2D eigenvalue weighted by atomic mass is 16.8. The van der Waals surface area contributed by atoms with Gasteiger partial charge in [-0.1, -0.05) is 367 Å². The average Bonchev–Trinajstić information content (AvgIpc) is 0.782. The molecule has 12 N–H and O–H groups in total. The first-order valence-electron chi connectivity index (χ1n) is 46.1. The van der Waals surface area contributed by atoms with Crippen molar-refractivity contribution in [3.8, 4) is 0 Å². The van der Waals surface area contributed by atoms with Gasteiger partial charge in [0.2, 0.25) is 5.91 Å². The van der Waals surface area contributed by atoms with Crippen LogP contribution < -0.4 is 5.32 Å². The fraction of sp³-hybridized carbons (Fsp3) is 0.800. The van der Waals surface area contributed by atoms with E-state index in [0.29, 0.717) is 12.8 Å². The van der Waals surface area contributed by atoms with Crippen LogP contribution in [0.3, 0.4) is 0 Å². The van der Waals surface area contributed by atoms with Gasteiger partial charge in [-0.25, -0.2) is 0 Å². The van der Waals surface area contributed by atoms with Gasteiger partial charge in [-0.05, 0) is 89.9 Å². The molecule has 0 saturated carbocycles. The summed E-state index contributed by atoms with van der Waals surface area (Å²) in [5, 5.41) is 121. The summed E-state index contributed by atoms with van der Waals surface area (Å²) >= 11 is 0. The highest BCUT2D eigenvalue weighted by molar-refractivity contribution is 5.76. The van der Waals surface area contributed by atoms with Crippen LogP contribution in [0.15, 0.2) is 109 Å². The van der Waals surface area contributed by atoms with Crippen molar-refractivity contribution < 1.29 is 89.4 Å². The molecule has 19 nitrogen and oxygen atoms in total. The van der Waals surface area contributed by atoms with Crippen LogP contribution in [0.2, 0.25) is 0 Å². The Morgan fingerprint density at radius 1 is 0.325 bits per heavy atom. The first-order valence-corrected chi connectivity index (χ1v) is 46.1. The SMILES string of the molecule is CC/C=C\C/C=C\C/C=C\C/C=C\C/C=C\C/C=C\C/C=C\CCCCCCCCCCCCCCCCCCCCCC(=O)NC(COC1OC(CO)C(OC2OC(CO)C(OC3OC(CO)C(O)C(O)C3O)C(O)C2O)C(O)C1O)C(O)/C=C/CC/C=C/CCCCCCCCCCCCCCCCCCCCCCCC. The van der Waals surface area contributed by atoms with Crippen molar-refractivity contribution in [3.63, 3.8) is 0 Å². The van der Waals surface area contributed by atoms with Crippen LogP contribution in [0.4, 0.5) is 0 Å². The van der Waals surface area contributed by atoms with Gasteiger partial charge in [0.25, 0.3) is 0 Å². The number of aliphatic hydroxyl groups excluding tert-OH is 11. The largest absolute Gasteiger partial charge is 0.394 e. The van der Waals surface area contributed by atoms with Crippen molar-refractivity contribution in [1.29, 1.82) is 0 Å². The molecule has 0 aromatic carbocycles. The Labute approximate surface area is 691 Å². The Kier molecular flexibility index (Phi) is 67.4. The summed E-state index contributed by atoms with van der Waals surface area (Å²) < 4.78 is 34.5. The van der Waals surface area contributed by atoms with E-state index in [1.165, 1.54) is 238 Å². The molecule has 3 fully saturated rings. The van der Waals surface area contributed by atoms with E-state index in [1.54, 1.807) is 6.08 Å². The van der Waals surface area contributed by atoms with E-state index in [0.717, 1.165) is 83.5 Å². The van der Waals surface area contributed by atoms with Crippen molar-refractivity contribution in [2.75, 3.05) is 26.4 Å².